The maximum atomic E-state index is 13.0. The Morgan fingerprint density at radius 2 is 2.10 bits per heavy atom. The fourth-order valence-electron chi connectivity index (χ4n) is 3.85. The Bertz CT molecular complexity index is 1200. The summed E-state index contributed by atoms with van der Waals surface area (Å²) in [6.45, 7) is 3.76. The highest BCUT2D eigenvalue weighted by Gasteiger charge is 2.48. The number of Topliss-reactive ketones (excluding diaryl/α,β-unsaturated/α-hetero) is 1. The van der Waals surface area contributed by atoms with Crippen molar-refractivity contribution in [1.82, 2.24) is 10.2 Å². The number of amides is 1. The summed E-state index contributed by atoms with van der Waals surface area (Å²) in [4.78, 5) is 28.1. The van der Waals surface area contributed by atoms with Gasteiger partial charge >= 0.3 is 5.91 Å². The van der Waals surface area contributed by atoms with E-state index in [9.17, 15) is 14.7 Å². The van der Waals surface area contributed by atoms with E-state index in [4.69, 9.17) is 4.74 Å². The molecule has 0 spiro atoms. The fraction of sp³-hybridized carbons (Fsp3) is 0.238. The SMILES string of the molecule is Cc1nnc(N2C(=O)C(=O)/C(=C(\O)c3ccc4c(c3)CC(C)O4)C2c2cccs2)s1. The van der Waals surface area contributed by atoms with E-state index < -0.39 is 17.7 Å². The lowest BCUT2D eigenvalue weighted by molar-refractivity contribution is -0.132. The third-order valence-electron chi connectivity index (χ3n) is 5.15. The molecule has 2 aliphatic rings. The molecule has 0 bridgehead atoms. The molecule has 3 aromatic rings. The van der Waals surface area contributed by atoms with Crippen molar-refractivity contribution in [2.45, 2.75) is 32.4 Å². The van der Waals surface area contributed by atoms with Gasteiger partial charge in [0.1, 0.15) is 28.7 Å². The first-order valence-corrected chi connectivity index (χ1v) is 11.1. The van der Waals surface area contributed by atoms with E-state index >= 15 is 0 Å². The zero-order valence-corrected chi connectivity index (χ0v) is 17.8. The van der Waals surface area contributed by atoms with Crippen LogP contribution in [-0.4, -0.2) is 33.1 Å². The molecule has 2 aromatic heterocycles. The molecule has 1 saturated heterocycles. The molecule has 152 valence electrons. The van der Waals surface area contributed by atoms with Gasteiger partial charge in [-0.1, -0.05) is 17.4 Å². The van der Waals surface area contributed by atoms with Crippen LogP contribution in [-0.2, 0) is 16.0 Å². The van der Waals surface area contributed by atoms with Gasteiger partial charge in [-0.15, -0.1) is 21.5 Å². The number of hydrogen-bond acceptors (Lipinski definition) is 8. The van der Waals surface area contributed by atoms with E-state index in [-0.39, 0.29) is 17.4 Å². The Labute approximate surface area is 180 Å². The Kier molecular flexibility index (Phi) is 4.44. The van der Waals surface area contributed by atoms with Gasteiger partial charge in [-0.2, -0.15) is 0 Å². The summed E-state index contributed by atoms with van der Waals surface area (Å²) >= 11 is 2.64. The number of hydrogen-bond donors (Lipinski definition) is 1. The molecule has 1 amide bonds. The molecule has 2 atom stereocenters. The second-order valence-electron chi connectivity index (χ2n) is 7.24. The molecule has 2 unspecified atom stereocenters. The highest BCUT2D eigenvalue weighted by molar-refractivity contribution is 7.15. The highest BCUT2D eigenvalue weighted by Crippen LogP contribution is 2.44. The van der Waals surface area contributed by atoms with Crippen molar-refractivity contribution in [2.24, 2.45) is 0 Å². The molecule has 7 nitrogen and oxygen atoms in total. The number of carbonyl (C=O) groups is 2. The number of anilines is 1. The van der Waals surface area contributed by atoms with Crippen molar-refractivity contribution in [1.29, 1.82) is 0 Å². The normalized spacial score (nSPS) is 22.4. The molecular weight excluding hydrogens is 422 g/mol. The van der Waals surface area contributed by atoms with Crippen molar-refractivity contribution >= 4 is 45.3 Å². The smallest absolute Gasteiger partial charge is 0.301 e. The number of aromatic nitrogens is 2. The van der Waals surface area contributed by atoms with E-state index in [0.717, 1.165) is 22.6 Å². The first-order valence-electron chi connectivity index (χ1n) is 9.38. The van der Waals surface area contributed by atoms with E-state index in [1.54, 1.807) is 19.1 Å². The Morgan fingerprint density at radius 3 is 2.80 bits per heavy atom. The lowest BCUT2D eigenvalue weighted by Crippen LogP contribution is -2.29. The summed E-state index contributed by atoms with van der Waals surface area (Å²) in [6, 6.07) is 8.26. The van der Waals surface area contributed by atoms with Crippen LogP contribution in [0.3, 0.4) is 0 Å². The third kappa shape index (κ3) is 2.93. The molecule has 1 fully saturated rings. The minimum absolute atomic E-state index is 0.0576. The summed E-state index contributed by atoms with van der Waals surface area (Å²) in [5.74, 6) is -0.871. The topological polar surface area (TPSA) is 92.6 Å². The molecule has 0 aliphatic carbocycles. The predicted octanol–water partition coefficient (Wildman–Crippen LogP) is 3.86. The average Bonchev–Trinajstić information content (AvgIpc) is 3.48. The van der Waals surface area contributed by atoms with Crippen LogP contribution in [0.25, 0.3) is 5.76 Å². The molecular formula is C21H17N3O4S2. The zero-order valence-electron chi connectivity index (χ0n) is 16.2. The van der Waals surface area contributed by atoms with Crippen LogP contribution < -0.4 is 9.64 Å². The number of thiophene rings is 1. The number of aliphatic hydroxyl groups is 1. The van der Waals surface area contributed by atoms with Crippen LogP contribution in [0.4, 0.5) is 5.13 Å². The summed E-state index contributed by atoms with van der Waals surface area (Å²) < 4.78 is 5.72. The van der Waals surface area contributed by atoms with Gasteiger partial charge in [0.05, 0.1) is 5.57 Å². The van der Waals surface area contributed by atoms with E-state index in [1.807, 2.05) is 30.5 Å². The summed E-state index contributed by atoms with van der Waals surface area (Å²) in [5, 5.41) is 22.1. The van der Waals surface area contributed by atoms with Crippen molar-refractivity contribution in [3.63, 3.8) is 0 Å². The quantitative estimate of drug-likeness (QED) is 0.379. The number of benzene rings is 1. The second kappa shape index (κ2) is 7.03. The number of fused-ring (bicyclic) bond motifs is 1. The average molecular weight is 440 g/mol. The molecule has 0 radical (unpaired) electrons. The predicted molar refractivity (Wildman–Crippen MR) is 114 cm³/mol. The molecule has 5 rings (SSSR count). The summed E-state index contributed by atoms with van der Waals surface area (Å²) in [5.41, 5.74) is 1.51. The second-order valence-corrected chi connectivity index (χ2v) is 9.38. The third-order valence-corrected chi connectivity index (χ3v) is 6.91. The summed E-state index contributed by atoms with van der Waals surface area (Å²) in [6.07, 6.45) is 0.790. The molecule has 1 N–H and O–H groups in total. The first-order chi connectivity index (χ1) is 14.4. The van der Waals surface area contributed by atoms with E-state index in [1.165, 1.54) is 27.6 Å². The monoisotopic (exact) mass is 439 g/mol. The van der Waals surface area contributed by atoms with Crippen LogP contribution in [0, 0.1) is 6.92 Å². The van der Waals surface area contributed by atoms with Crippen LogP contribution in [0.1, 0.15) is 34.0 Å². The van der Waals surface area contributed by atoms with Crippen LogP contribution >= 0.6 is 22.7 Å². The number of carbonyl (C=O) groups excluding carboxylic acids is 2. The molecule has 0 saturated carbocycles. The van der Waals surface area contributed by atoms with Gasteiger partial charge in [0.25, 0.3) is 5.78 Å². The first kappa shape index (κ1) is 19.0. The van der Waals surface area contributed by atoms with Crippen molar-refractivity contribution in [2.75, 3.05) is 4.90 Å². The van der Waals surface area contributed by atoms with Gasteiger partial charge in [-0.25, -0.2) is 0 Å². The lowest BCUT2D eigenvalue weighted by atomic mass is 9.98. The standard InChI is InChI=1S/C21H17N3O4S2/c1-10-8-13-9-12(5-6-14(13)28-10)18(25)16-17(15-4-3-7-29-15)24(20(27)19(16)26)21-23-22-11(2)30-21/h3-7,9-10,17,25H,8H2,1-2H3/b18-16-. The maximum Gasteiger partial charge on any atom is 0.301 e. The number of rotatable bonds is 3. The Balaban J connectivity index is 1.67. The number of nitrogens with zero attached hydrogens (tertiary/aromatic N) is 3. The minimum Gasteiger partial charge on any atom is -0.507 e. The van der Waals surface area contributed by atoms with Gasteiger partial charge in [0.15, 0.2) is 0 Å². The Morgan fingerprint density at radius 1 is 1.27 bits per heavy atom. The van der Waals surface area contributed by atoms with Crippen LogP contribution in [0.2, 0.25) is 0 Å². The molecule has 2 aliphatic heterocycles. The van der Waals surface area contributed by atoms with Gasteiger partial charge in [-0.3, -0.25) is 14.5 Å². The van der Waals surface area contributed by atoms with Gasteiger partial charge in [-0.05, 0) is 49.1 Å². The lowest BCUT2D eigenvalue weighted by Gasteiger charge is -2.21. The largest absolute Gasteiger partial charge is 0.507 e. The fourth-order valence-corrected chi connectivity index (χ4v) is 5.39. The number of ether oxygens (including phenoxy) is 1. The van der Waals surface area contributed by atoms with Crippen molar-refractivity contribution in [3.05, 3.63) is 62.3 Å². The summed E-state index contributed by atoms with van der Waals surface area (Å²) in [7, 11) is 0. The number of ketones is 1. The van der Waals surface area contributed by atoms with Crippen LogP contribution in [0.15, 0.2) is 41.3 Å². The van der Waals surface area contributed by atoms with Gasteiger partial charge in [0.2, 0.25) is 5.13 Å². The molecule has 4 heterocycles. The van der Waals surface area contributed by atoms with E-state index in [2.05, 4.69) is 10.2 Å². The Hall–Kier alpha value is -3.04. The van der Waals surface area contributed by atoms with Crippen LogP contribution in [0.5, 0.6) is 5.75 Å². The maximum absolute atomic E-state index is 13.0. The molecule has 30 heavy (non-hydrogen) atoms. The number of aliphatic hydroxyl groups excluding tert-OH is 1. The van der Waals surface area contributed by atoms with E-state index in [0.29, 0.717) is 15.7 Å². The molecule has 9 heteroatoms. The van der Waals surface area contributed by atoms with Crippen molar-refractivity contribution in [3.8, 4) is 5.75 Å². The number of aryl methyl sites for hydroxylation is 1. The zero-order chi connectivity index (χ0) is 21.0. The van der Waals surface area contributed by atoms with Gasteiger partial charge in [0, 0.05) is 16.9 Å². The highest BCUT2D eigenvalue weighted by atomic mass is 32.1. The molecule has 1 aromatic carbocycles. The van der Waals surface area contributed by atoms with Gasteiger partial charge < -0.3 is 9.84 Å². The minimum atomic E-state index is -0.749. The van der Waals surface area contributed by atoms with Crippen molar-refractivity contribution < 1.29 is 19.4 Å².